The summed E-state index contributed by atoms with van der Waals surface area (Å²) in [6.45, 7) is 3.73. The van der Waals surface area contributed by atoms with E-state index in [2.05, 4.69) is 0 Å². The summed E-state index contributed by atoms with van der Waals surface area (Å²) in [4.78, 5) is 57.8. The Kier molecular flexibility index (Phi) is 7.11. The minimum Gasteiger partial charge on any atom is -0.503 e. The molecular formula is C35H30Cl2N4O7S. The topological polar surface area (TPSA) is 142 Å². The van der Waals surface area contributed by atoms with E-state index in [1.165, 1.54) is 28.0 Å². The van der Waals surface area contributed by atoms with Crippen molar-refractivity contribution in [1.82, 2.24) is 14.8 Å². The van der Waals surface area contributed by atoms with Crippen molar-refractivity contribution in [3.8, 4) is 22.1 Å². The molecule has 3 fully saturated rings. The van der Waals surface area contributed by atoms with Crippen LogP contribution in [-0.4, -0.2) is 55.9 Å². The molecule has 0 spiro atoms. The molecule has 2 saturated heterocycles. The van der Waals surface area contributed by atoms with Gasteiger partial charge in [-0.05, 0) is 79.5 Å². The number of benzene rings is 2. The lowest BCUT2D eigenvalue weighted by atomic mass is 9.51. The third kappa shape index (κ3) is 4.27. The molecule has 2 aliphatic carbocycles. The molecule has 252 valence electrons. The summed E-state index contributed by atoms with van der Waals surface area (Å²) in [5.41, 5.74) is 1.42. The van der Waals surface area contributed by atoms with Gasteiger partial charge in [0.25, 0.3) is 11.8 Å². The van der Waals surface area contributed by atoms with Crippen LogP contribution in [0.15, 0.2) is 48.0 Å². The highest BCUT2D eigenvalue weighted by Crippen LogP contribution is 2.64. The minimum absolute atomic E-state index is 0.00976. The average molecular weight is 722 g/mol. The second-order valence-corrected chi connectivity index (χ2v) is 15.3. The summed E-state index contributed by atoms with van der Waals surface area (Å²) in [5.74, 6) is -6.22. The van der Waals surface area contributed by atoms with Crippen LogP contribution in [0.2, 0.25) is 10.0 Å². The first kappa shape index (κ1) is 32.0. The third-order valence-electron chi connectivity index (χ3n) is 11.1. The number of fused-ring (bicyclic) bond motifs is 5. The predicted octanol–water partition coefficient (Wildman–Crippen LogP) is 6.25. The number of aryl methyl sites for hydroxylation is 2. The van der Waals surface area contributed by atoms with Gasteiger partial charge in [0, 0.05) is 28.8 Å². The highest BCUT2D eigenvalue weighted by molar-refractivity contribution is 7.22. The molecule has 2 aromatic carbocycles. The first-order valence-electron chi connectivity index (χ1n) is 15.7. The maximum Gasteiger partial charge on any atom is 0.257 e. The molecule has 0 bridgehead atoms. The molecule has 8 rings (SSSR count). The standard InChI is InChI=1S/C35H30Cl2N4O7S/c1-14-19-11-16(36)5-8-25(19)49-30(14)23-13-26(39(3)38-23)40-32(44)21-12-20-17(6-7-18-27(20)33(45)41(47)31(18)43)28(35(21,2)34(40)46)15-9-22(37)29(42)24(10-15)48-4/h5-6,8-11,13,18,20-21,27-28,42,47H,7,12H2,1-4H3/t18-,20+,21-,27-,28-,35+/m0/s1. The van der Waals surface area contributed by atoms with Gasteiger partial charge in [-0.25, -0.2) is 4.90 Å². The minimum atomic E-state index is -1.36. The number of phenolic OH excluding ortho intramolecular Hbond substituents is 1. The molecular weight excluding hydrogens is 691 g/mol. The fourth-order valence-electron chi connectivity index (χ4n) is 8.73. The number of halogens is 2. The van der Waals surface area contributed by atoms with E-state index in [0.29, 0.717) is 27.7 Å². The summed E-state index contributed by atoms with van der Waals surface area (Å²) in [6, 6.07) is 10.5. The number of hydrogen-bond donors (Lipinski definition) is 2. The molecule has 6 atom stereocenters. The van der Waals surface area contributed by atoms with E-state index in [0.717, 1.165) is 20.5 Å². The van der Waals surface area contributed by atoms with E-state index < -0.39 is 58.6 Å². The Hall–Kier alpha value is -4.23. The number of rotatable bonds is 4. The largest absolute Gasteiger partial charge is 0.503 e. The van der Waals surface area contributed by atoms with Crippen molar-refractivity contribution in [2.75, 3.05) is 12.0 Å². The average Bonchev–Trinajstić information content (AvgIpc) is 3.73. The van der Waals surface area contributed by atoms with Crippen LogP contribution in [0.5, 0.6) is 11.5 Å². The van der Waals surface area contributed by atoms with E-state index in [9.17, 15) is 29.5 Å². The van der Waals surface area contributed by atoms with Gasteiger partial charge in [0.2, 0.25) is 11.8 Å². The van der Waals surface area contributed by atoms with Crippen LogP contribution in [0, 0.1) is 36.0 Å². The summed E-state index contributed by atoms with van der Waals surface area (Å²) in [7, 11) is 3.06. The Morgan fingerprint density at radius 3 is 2.53 bits per heavy atom. The Bertz CT molecular complexity index is 2210. The van der Waals surface area contributed by atoms with Gasteiger partial charge in [-0.1, -0.05) is 34.9 Å². The SMILES string of the molecule is COc1cc([C@H]2C3=CC[C@@H]4C(=O)N(O)C(=O)[C@@H]4[C@@H]3C[C@H]3C(=O)N(c4cc(-c5sc6ccc(Cl)cc6c5C)nn4C)C(=O)[C@@]23C)cc(Cl)c1O. The van der Waals surface area contributed by atoms with Crippen molar-refractivity contribution in [2.24, 2.45) is 36.1 Å². The number of ether oxygens (including phenoxy) is 1. The number of hydroxylamine groups is 2. The zero-order chi connectivity index (χ0) is 34.8. The Morgan fingerprint density at radius 1 is 1.04 bits per heavy atom. The van der Waals surface area contributed by atoms with Gasteiger partial charge in [0.15, 0.2) is 11.5 Å². The van der Waals surface area contributed by atoms with Crippen molar-refractivity contribution in [2.45, 2.75) is 32.6 Å². The summed E-state index contributed by atoms with van der Waals surface area (Å²) >= 11 is 14.3. The molecule has 1 saturated carbocycles. The zero-order valence-corrected chi connectivity index (χ0v) is 29.1. The highest BCUT2D eigenvalue weighted by Gasteiger charge is 2.68. The van der Waals surface area contributed by atoms with Crippen molar-refractivity contribution >= 4 is 74.1 Å². The number of allylic oxidation sites excluding steroid dienone is 2. The number of hydrogen-bond acceptors (Lipinski definition) is 9. The van der Waals surface area contributed by atoms with Crippen LogP contribution < -0.4 is 9.64 Å². The van der Waals surface area contributed by atoms with Crippen molar-refractivity contribution in [1.29, 1.82) is 0 Å². The molecule has 0 unspecified atom stereocenters. The maximum atomic E-state index is 14.9. The van der Waals surface area contributed by atoms with Gasteiger partial charge in [-0.3, -0.25) is 29.1 Å². The van der Waals surface area contributed by atoms with E-state index >= 15 is 0 Å². The smallest absolute Gasteiger partial charge is 0.257 e. The molecule has 14 heteroatoms. The molecule has 4 heterocycles. The van der Waals surface area contributed by atoms with Crippen LogP contribution in [0.4, 0.5) is 5.82 Å². The number of thiophene rings is 1. The number of nitrogens with zero attached hydrogens (tertiary/aromatic N) is 4. The number of anilines is 1. The first-order valence-corrected chi connectivity index (χ1v) is 17.3. The molecule has 4 aliphatic rings. The van der Waals surface area contributed by atoms with E-state index in [1.54, 1.807) is 32.2 Å². The predicted molar refractivity (Wildman–Crippen MR) is 182 cm³/mol. The maximum absolute atomic E-state index is 14.9. The van der Waals surface area contributed by atoms with Gasteiger partial charge >= 0.3 is 0 Å². The number of amides is 4. The Balaban J connectivity index is 1.28. The lowest BCUT2D eigenvalue weighted by Gasteiger charge is -2.49. The van der Waals surface area contributed by atoms with Crippen molar-refractivity contribution in [3.63, 3.8) is 0 Å². The van der Waals surface area contributed by atoms with E-state index in [1.807, 2.05) is 31.2 Å². The summed E-state index contributed by atoms with van der Waals surface area (Å²) in [6.07, 6.45) is 2.14. The number of carbonyl (C=O) groups excluding carboxylic acids is 4. The number of carbonyl (C=O) groups is 4. The molecule has 2 aliphatic heterocycles. The number of methoxy groups -OCH3 is 1. The molecule has 0 radical (unpaired) electrons. The van der Waals surface area contributed by atoms with Gasteiger partial charge < -0.3 is 9.84 Å². The third-order valence-corrected chi connectivity index (χ3v) is 12.9. The lowest BCUT2D eigenvalue weighted by Crippen LogP contribution is -2.48. The van der Waals surface area contributed by atoms with Gasteiger partial charge in [-0.15, -0.1) is 11.3 Å². The van der Waals surface area contributed by atoms with Crippen LogP contribution >= 0.6 is 34.5 Å². The van der Waals surface area contributed by atoms with Crippen LogP contribution in [-0.2, 0) is 26.2 Å². The molecule has 4 aromatic rings. The quantitative estimate of drug-likeness (QED) is 0.143. The van der Waals surface area contributed by atoms with Gasteiger partial charge in [0.05, 0.1) is 40.2 Å². The number of aromatic nitrogens is 2. The van der Waals surface area contributed by atoms with E-state index in [-0.39, 0.29) is 34.4 Å². The van der Waals surface area contributed by atoms with Crippen LogP contribution in [0.1, 0.15) is 36.8 Å². The normalized spacial score (nSPS) is 27.9. The first-order chi connectivity index (χ1) is 23.3. The highest BCUT2D eigenvalue weighted by atomic mass is 35.5. The molecule has 2 aromatic heterocycles. The Labute approximate surface area is 294 Å². The van der Waals surface area contributed by atoms with Crippen molar-refractivity contribution in [3.05, 3.63) is 69.2 Å². The van der Waals surface area contributed by atoms with Crippen LogP contribution in [0.25, 0.3) is 20.7 Å². The molecule has 11 nitrogen and oxygen atoms in total. The molecule has 4 amide bonds. The van der Waals surface area contributed by atoms with Gasteiger partial charge in [0.1, 0.15) is 11.5 Å². The van der Waals surface area contributed by atoms with Gasteiger partial charge in [-0.2, -0.15) is 10.2 Å². The summed E-state index contributed by atoms with van der Waals surface area (Å²) in [5, 5.41) is 27.4. The monoisotopic (exact) mass is 720 g/mol. The fourth-order valence-corrected chi connectivity index (χ4v) is 10.3. The lowest BCUT2D eigenvalue weighted by molar-refractivity contribution is -0.173. The number of imide groups is 2. The zero-order valence-electron chi connectivity index (χ0n) is 26.7. The van der Waals surface area contributed by atoms with Crippen molar-refractivity contribution < 1.29 is 34.2 Å². The van der Waals surface area contributed by atoms with Crippen LogP contribution in [0.3, 0.4) is 0 Å². The number of phenols is 1. The fraction of sp³-hybridized carbons (Fsp3) is 0.343. The summed E-state index contributed by atoms with van der Waals surface area (Å²) < 4.78 is 7.96. The Morgan fingerprint density at radius 2 is 1.80 bits per heavy atom. The second-order valence-electron chi connectivity index (χ2n) is 13.4. The number of aromatic hydroxyl groups is 1. The second kappa shape index (κ2) is 10.9. The molecule has 49 heavy (non-hydrogen) atoms. The molecule has 2 N–H and O–H groups in total. The van der Waals surface area contributed by atoms with E-state index in [4.69, 9.17) is 33.0 Å².